The number of benzene rings is 2. The Balaban J connectivity index is 1.69. The van der Waals surface area contributed by atoms with Crippen LogP contribution in [0.4, 0.5) is 11.4 Å². The largest absolute Gasteiger partial charge is 0.315 e. The summed E-state index contributed by atoms with van der Waals surface area (Å²) in [5, 5.41) is 0. The first-order chi connectivity index (χ1) is 13.2. The van der Waals surface area contributed by atoms with E-state index in [1.807, 2.05) is 31.2 Å². The molecule has 2 aromatic rings. The maximum atomic E-state index is 12.7. The number of nitrogens with zero attached hydrogens (tertiary/aromatic N) is 2. The summed E-state index contributed by atoms with van der Waals surface area (Å²) < 4.78 is 25.4. The molecule has 148 valence electrons. The summed E-state index contributed by atoms with van der Waals surface area (Å²) in [5.74, 6) is -0.563. The second-order valence-electron chi connectivity index (χ2n) is 7.07. The number of fused-ring (bicyclic) bond motifs is 1. The first kappa shape index (κ1) is 20.1. The summed E-state index contributed by atoms with van der Waals surface area (Å²) >= 11 is 0. The summed E-state index contributed by atoms with van der Waals surface area (Å²) in [6, 6.07) is 12.3. The third-order valence-electron chi connectivity index (χ3n) is 5.07. The molecule has 3 rings (SSSR count). The molecule has 2 amide bonds. The summed E-state index contributed by atoms with van der Waals surface area (Å²) in [6.07, 6.45) is 0.538. The van der Waals surface area contributed by atoms with Crippen molar-refractivity contribution in [2.75, 3.05) is 29.1 Å². The molecule has 0 aliphatic carbocycles. The molecule has 2 aromatic carbocycles. The molecule has 0 aromatic heterocycles. The average Bonchev–Trinajstić information content (AvgIpc) is 3.09. The molecule has 0 bridgehead atoms. The van der Waals surface area contributed by atoms with E-state index >= 15 is 0 Å². The molecule has 0 atom stereocenters. The fourth-order valence-corrected chi connectivity index (χ4v) is 4.59. The van der Waals surface area contributed by atoms with Crippen molar-refractivity contribution in [3.05, 3.63) is 53.6 Å². The van der Waals surface area contributed by atoms with Gasteiger partial charge >= 0.3 is 0 Å². The second-order valence-corrected chi connectivity index (χ2v) is 9.18. The van der Waals surface area contributed by atoms with Crippen LogP contribution in [-0.4, -0.2) is 39.6 Å². The van der Waals surface area contributed by atoms with E-state index < -0.39 is 9.84 Å². The van der Waals surface area contributed by atoms with Crippen molar-refractivity contribution in [3.8, 4) is 0 Å². The third kappa shape index (κ3) is 4.09. The number of hydrogen-bond donors (Lipinski definition) is 0. The Morgan fingerprint density at radius 3 is 2.43 bits per heavy atom. The van der Waals surface area contributed by atoms with Crippen molar-refractivity contribution < 1.29 is 18.0 Å². The summed E-state index contributed by atoms with van der Waals surface area (Å²) in [4.78, 5) is 27.4. The van der Waals surface area contributed by atoms with Gasteiger partial charge < -0.3 is 9.80 Å². The number of amides is 2. The average molecular weight is 401 g/mol. The van der Waals surface area contributed by atoms with Crippen LogP contribution >= 0.6 is 0 Å². The van der Waals surface area contributed by atoms with Gasteiger partial charge in [-0.1, -0.05) is 17.7 Å². The van der Waals surface area contributed by atoms with Crippen molar-refractivity contribution in [3.63, 3.8) is 0 Å². The van der Waals surface area contributed by atoms with E-state index in [0.717, 1.165) is 22.5 Å². The maximum Gasteiger partial charge on any atom is 0.227 e. The van der Waals surface area contributed by atoms with Crippen LogP contribution in [0.15, 0.2) is 47.4 Å². The van der Waals surface area contributed by atoms with Gasteiger partial charge in [0.15, 0.2) is 9.84 Å². The molecule has 0 radical (unpaired) electrons. The fourth-order valence-electron chi connectivity index (χ4n) is 3.32. The number of aryl methyl sites for hydroxylation is 1. The van der Waals surface area contributed by atoms with E-state index in [4.69, 9.17) is 0 Å². The van der Waals surface area contributed by atoms with E-state index in [2.05, 4.69) is 0 Å². The van der Waals surface area contributed by atoms with Gasteiger partial charge in [-0.25, -0.2) is 8.42 Å². The normalized spacial score (nSPS) is 13.3. The molecule has 6 nitrogen and oxygen atoms in total. The van der Waals surface area contributed by atoms with Gasteiger partial charge in [0.2, 0.25) is 11.8 Å². The Morgan fingerprint density at radius 1 is 1.11 bits per heavy atom. The number of anilines is 2. The third-order valence-corrected chi connectivity index (χ3v) is 6.78. The first-order valence-electron chi connectivity index (χ1n) is 9.16. The van der Waals surface area contributed by atoms with Crippen LogP contribution in [0.3, 0.4) is 0 Å². The molecule has 7 heteroatoms. The lowest BCUT2D eigenvalue weighted by atomic mass is 10.2. The van der Waals surface area contributed by atoms with Crippen molar-refractivity contribution in [1.82, 2.24) is 0 Å². The van der Waals surface area contributed by atoms with Gasteiger partial charge in [0.1, 0.15) is 0 Å². The van der Waals surface area contributed by atoms with Crippen molar-refractivity contribution in [1.29, 1.82) is 0 Å². The highest BCUT2D eigenvalue weighted by Crippen LogP contribution is 2.30. The van der Waals surface area contributed by atoms with Crippen LogP contribution < -0.4 is 9.80 Å². The van der Waals surface area contributed by atoms with Gasteiger partial charge in [-0.15, -0.1) is 0 Å². The van der Waals surface area contributed by atoms with Gasteiger partial charge in [0.05, 0.1) is 10.6 Å². The smallest absolute Gasteiger partial charge is 0.227 e. The molecule has 1 heterocycles. The van der Waals surface area contributed by atoms with Crippen LogP contribution in [0, 0.1) is 6.92 Å². The van der Waals surface area contributed by atoms with E-state index in [1.54, 1.807) is 24.1 Å². The van der Waals surface area contributed by atoms with Crippen LogP contribution in [-0.2, 0) is 25.8 Å². The number of sulfone groups is 1. The number of hydrogen-bond acceptors (Lipinski definition) is 4. The summed E-state index contributed by atoms with van der Waals surface area (Å²) in [5.41, 5.74) is 3.43. The quantitative estimate of drug-likeness (QED) is 0.773. The Labute approximate surface area is 165 Å². The predicted molar refractivity (Wildman–Crippen MR) is 109 cm³/mol. The molecule has 0 saturated heterocycles. The molecule has 28 heavy (non-hydrogen) atoms. The Kier molecular flexibility index (Phi) is 5.56. The van der Waals surface area contributed by atoms with Crippen molar-refractivity contribution >= 4 is 33.0 Å². The lowest BCUT2D eigenvalue weighted by molar-refractivity contribution is -0.118. The summed E-state index contributed by atoms with van der Waals surface area (Å²) in [6.45, 7) is 4.02. The van der Waals surface area contributed by atoms with Crippen LogP contribution in [0.5, 0.6) is 0 Å². The first-order valence-corrected chi connectivity index (χ1v) is 10.8. The van der Waals surface area contributed by atoms with E-state index in [0.29, 0.717) is 13.0 Å². The predicted octanol–water partition coefficient (Wildman–Crippen LogP) is 2.73. The van der Waals surface area contributed by atoms with E-state index in [9.17, 15) is 18.0 Å². The monoisotopic (exact) mass is 400 g/mol. The van der Waals surface area contributed by atoms with Gasteiger partial charge in [-0.05, 0) is 49.2 Å². The number of carbonyl (C=O) groups excluding carboxylic acids is 2. The van der Waals surface area contributed by atoms with Crippen molar-refractivity contribution in [2.24, 2.45) is 0 Å². The fraction of sp³-hybridized carbons (Fsp3) is 0.333. The Morgan fingerprint density at radius 2 is 1.79 bits per heavy atom. The molecule has 0 saturated carbocycles. The minimum absolute atomic E-state index is 0.0564. The molecule has 0 fully saturated rings. The highest BCUT2D eigenvalue weighted by molar-refractivity contribution is 7.91. The zero-order chi connectivity index (χ0) is 20.5. The lowest BCUT2D eigenvalue weighted by Gasteiger charge is -2.18. The van der Waals surface area contributed by atoms with Crippen LogP contribution in [0.25, 0.3) is 0 Å². The van der Waals surface area contributed by atoms with Gasteiger partial charge in [-0.2, -0.15) is 0 Å². The molecule has 1 aliphatic rings. The van der Waals surface area contributed by atoms with Gasteiger partial charge in [-0.3, -0.25) is 9.59 Å². The summed E-state index contributed by atoms with van der Waals surface area (Å²) in [7, 11) is -1.94. The molecular weight excluding hydrogens is 376 g/mol. The molecular formula is C21H24N2O4S. The Hall–Kier alpha value is -2.67. The molecule has 0 N–H and O–H groups in total. The van der Waals surface area contributed by atoms with Gasteiger partial charge in [0, 0.05) is 38.3 Å². The zero-order valence-electron chi connectivity index (χ0n) is 16.3. The molecule has 0 spiro atoms. The molecule has 0 unspecified atom stereocenters. The Bertz CT molecular complexity index is 1010. The minimum Gasteiger partial charge on any atom is -0.315 e. The number of carbonyl (C=O) groups is 2. The zero-order valence-corrected chi connectivity index (χ0v) is 17.1. The van der Waals surface area contributed by atoms with E-state index in [1.165, 1.54) is 17.9 Å². The number of rotatable bonds is 5. The lowest BCUT2D eigenvalue weighted by Crippen LogP contribution is -2.28. The van der Waals surface area contributed by atoms with E-state index in [-0.39, 0.29) is 28.9 Å². The highest BCUT2D eigenvalue weighted by atomic mass is 32.2. The van der Waals surface area contributed by atoms with Crippen molar-refractivity contribution in [2.45, 2.75) is 31.6 Å². The maximum absolute atomic E-state index is 12.7. The van der Waals surface area contributed by atoms with Crippen LogP contribution in [0.2, 0.25) is 0 Å². The minimum atomic E-state index is -3.59. The van der Waals surface area contributed by atoms with Gasteiger partial charge in [0.25, 0.3) is 0 Å². The topological polar surface area (TPSA) is 74.8 Å². The van der Waals surface area contributed by atoms with Crippen LogP contribution in [0.1, 0.15) is 24.5 Å². The standard InChI is InChI=1S/C21H24N2O4S/c1-15-4-6-18(7-5-15)22(3)21(25)11-13-28(26,27)19-8-9-20-17(14-19)10-12-23(20)16(2)24/h4-9,14H,10-13H2,1-3H3. The molecule has 1 aliphatic heterocycles. The second kappa shape index (κ2) is 7.75. The SMILES string of the molecule is CC(=O)N1CCc2cc(S(=O)(=O)CCC(=O)N(C)c3ccc(C)cc3)ccc21. The highest BCUT2D eigenvalue weighted by Gasteiger charge is 2.25.